The molecule has 36 N–H and O–H groups in total. The molecule has 730 valence electrons. The lowest BCUT2D eigenvalue weighted by Gasteiger charge is -2.29. The Morgan fingerprint density at radius 1 is 0.386 bits per heavy atom. The van der Waals surface area contributed by atoms with Crippen LogP contribution in [-0.4, -0.2) is 314 Å². The Labute approximate surface area is 756 Å². The van der Waals surface area contributed by atoms with Crippen LogP contribution in [0.2, 0.25) is 0 Å². The molecule has 2 aromatic carbocycles. The molecule has 132 heavy (non-hydrogen) atoms. The van der Waals surface area contributed by atoms with Crippen molar-refractivity contribution in [1.82, 2.24) is 95.4 Å². The molecule has 14 atom stereocenters. The van der Waals surface area contributed by atoms with Gasteiger partial charge in [-0.15, -0.1) is 0 Å². The monoisotopic (exact) mass is 1860 g/mol. The van der Waals surface area contributed by atoms with Crippen LogP contribution >= 0.6 is 0 Å². The van der Waals surface area contributed by atoms with E-state index in [2.05, 4.69) is 95.4 Å². The quantitative estimate of drug-likeness (QED) is 0.0142. The second-order valence-electron chi connectivity index (χ2n) is 31.2. The van der Waals surface area contributed by atoms with Crippen LogP contribution in [0.3, 0.4) is 0 Å². The van der Waals surface area contributed by atoms with Gasteiger partial charge in [-0.1, -0.05) is 80.6 Å². The van der Waals surface area contributed by atoms with Crippen molar-refractivity contribution < 1.29 is 132 Å². The molecule has 1 saturated carbocycles. The zero-order valence-corrected chi connectivity index (χ0v) is 72.8. The second kappa shape index (κ2) is 58.7. The Bertz CT molecular complexity index is 4440. The van der Waals surface area contributed by atoms with Gasteiger partial charge >= 0.3 is 23.9 Å². The number of rotatable bonds is 62. The summed E-state index contributed by atoms with van der Waals surface area (Å²) >= 11 is 0. The number of nitrogens with two attached hydrogens (primary N) is 4. The molecule has 1 heterocycles. The average Bonchev–Trinajstić information content (AvgIpc) is 1.65. The number of aliphatic hydroxyl groups excluding tert-OH is 4. The Balaban J connectivity index is 1.57. The molecule has 51 heteroatoms. The lowest BCUT2D eigenvalue weighted by Crippen LogP contribution is -2.61. The lowest BCUT2D eigenvalue weighted by molar-refractivity contribution is -0.139. The van der Waals surface area contributed by atoms with Gasteiger partial charge in [0.2, 0.25) is 88.6 Å². The molecule has 1 fully saturated rings. The first-order chi connectivity index (χ1) is 62.7. The van der Waals surface area contributed by atoms with Crippen molar-refractivity contribution in [3.63, 3.8) is 0 Å². The fourth-order valence-electron chi connectivity index (χ4n) is 13.6. The van der Waals surface area contributed by atoms with Gasteiger partial charge in [-0.25, -0.2) is 0 Å². The van der Waals surface area contributed by atoms with Crippen molar-refractivity contribution in [2.45, 2.75) is 226 Å². The van der Waals surface area contributed by atoms with Crippen LogP contribution in [-0.2, 0) is 104 Å². The summed E-state index contributed by atoms with van der Waals surface area (Å²) in [6.45, 7) is -4.81. The van der Waals surface area contributed by atoms with Crippen molar-refractivity contribution in [3.8, 4) is 0 Å². The van der Waals surface area contributed by atoms with E-state index in [4.69, 9.17) is 38.9 Å². The van der Waals surface area contributed by atoms with E-state index >= 15 is 0 Å². The maximum absolute atomic E-state index is 14.9. The standard InChI is InChI=1S/C81H124N24O27/c1-42(66(119)91-36-61(110)94-52(23-26-62(111)112)71(124)96-50(20-10-11-29-82)69(122)98-53(24-27-63(113)114)72(125)104-59(40-108)78(131)95-49(21-12-30-88-80(84)85)68(121)92-37-65(117)118)93-74(127)55(32-43-14-4-2-5-15-43)100-75(128)56(33-44-16-6-3-7-17-44)101-79(132)60(41-109)105-73(126)54(25-28-64(115)116)99-76(129)57(34-45-35-90-48-19-9-8-18-46(45)48)102-70(123)51(22-13-31-89-81(86)87)97-77(130)58(39-107)103-67(120)47(83)38-106/h3,6-9,16-19,35,42-43,47,49-60,90,106-109H,2,4-5,10-15,20-34,36-41,82-83H2,1H3,(H,91,119)(H,92,121)(H,93,127)(H,94,110)(H,95,131)(H,96,124)(H,97,130)(H,98,122)(H,99,129)(H,100,128)(H,101,132)(H,102,123)(H,103,120)(H,104,125)(H,105,126)(H,111,112)(H,113,114)(H,115,116)(H,117,118)(H4,84,85,88)(H4,86,87,89)/t42-,47-,49-,50-,51-,52-,53-,54-,55-,56-,57-,58-,59-,60-/m0/s1. The van der Waals surface area contributed by atoms with E-state index in [0.717, 1.165) is 19.3 Å². The number of unbranched alkanes of at least 4 members (excludes halogenated alkanes) is 1. The number of nitrogens with one attached hydrogen (secondary N) is 20. The highest BCUT2D eigenvalue weighted by Gasteiger charge is 2.39. The summed E-state index contributed by atoms with van der Waals surface area (Å²) in [6.07, 6.45) is -0.420. The molecular weight excluding hydrogens is 1740 g/mol. The number of hydrogen-bond donors (Lipinski definition) is 32. The highest BCUT2D eigenvalue weighted by molar-refractivity contribution is 6.01. The van der Waals surface area contributed by atoms with Crippen molar-refractivity contribution in [2.24, 2.45) is 28.9 Å². The zero-order valence-electron chi connectivity index (χ0n) is 72.8. The van der Waals surface area contributed by atoms with Crippen LogP contribution in [0.4, 0.5) is 0 Å². The topological polar surface area (TPSA) is 858 Å². The summed E-state index contributed by atoms with van der Waals surface area (Å²) in [5.74, 6) is -23.8. The van der Waals surface area contributed by atoms with E-state index in [-0.39, 0.29) is 89.8 Å². The minimum Gasteiger partial charge on any atom is -0.481 e. The smallest absolute Gasteiger partial charge is 0.322 e. The van der Waals surface area contributed by atoms with Gasteiger partial charge < -0.3 is 159 Å². The lowest BCUT2D eigenvalue weighted by atomic mass is 9.84. The van der Waals surface area contributed by atoms with Crippen LogP contribution in [0.5, 0.6) is 0 Å². The van der Waals surface area contributed by atoms with Gasteiger partial charge in [-0.05, 0) is 107 Å². The number of guanidine groups is 2. The molecule has 1 aliphatic carbocycles. The Morgan fingerprint density at radius 2 is 0.758 bits per heavy atom. The zero-order chi connectivity index (χ0) is 98.1. The SMILES string of the molecule is C[C@H](NC(=O)[C@H](CC1CCCCC1)NC(=O)[C@H](Cc1ccccc1)NC(=O)[C@H](CO)NC(=O)[C@H](CCC(=O)O)NC(=O)[C@H](Cc1c[nH]c2ccccc12)NC(=O)[C@H](CCCNC(=N)N)NC(=O)[C@H](CO)NC(=O)[C@@H](N)CO)C(=O)NCC(=O)N[C@@H](CCC(=O)O)C(=O)N[C@@H](CCCCN)C(=O)N[C@@H](CCC(=O)O)C(=O)N[C@@H](CO)C(=O)N[C@@H](CCCNC(=N)N)C(=O)NCC(=O)O. The van der Waals surface area contributed by atoms with E-state index in [1.54, 1.807) is 54.6 Å². The molecule has 15 amide bonds. The molecule has 0 bridgehead atoms. The first-order valence-corrected chi connectivity index (χ1v) is 42.7. The van der Waals surface area contributed by atoms with Crippen molar-refractivity contribution in [2.75, 3.05) is 59.2 Å². The number of hydrogen-bond acceptors (Lipinski definition) is 27. The number of carbonyl (C=O) groups excluding carboxylic acids is 15. The predicted octanol–water partition coefficient (Wildman–Crippen LogP) is -9.89. The minimum atomic E-state index is -1.99. The summed E-state index contributed by atoms with van der Waals surface area (Å²) < 4.78 is 0. The number of aromatic nitrogens is 1. The van der Waals surface area contributed by atoms with Crippen LogP contribution in [0.1, 0.15) is 140 Å². The summed E-state index contributed by atoms with van der Waals surface area (Å²) in [7, 11) is 0. The van der Waals surface area contributed by atoms with Crippen LogP contribution in [0.25, 0.3) is 10.9 Å². The van der Waals surface area contributed by atoms with Gasteiger partial charge in [0.15, 0.2) is 11.9 Å². The number of aromatic amines is 1. The Hall–Kier alpha value is -13.8. The highest BCUT2D eigenvalue weighted by Crippen LogP contribution is 2.28. The van der Waals surface area contributed by atoms with Gasteiger partial charge in [0.25, 0.3) is 0 Å². The molecule has 0 saturated heterocycles. The predicted molar refractivity (Wildman–Crippen MR) is 466 cm³/mol. The van der Waals surface area contributed by atoms with Crippen LogP contribution in [0, 0.1) is 16.7 Å². The number of aliphatic hydroxyl groups is 4. The average molecular weight is 1870 g/mol. The third kappa shape index (κ3) is 40.9. The number of carboxylic acids is 4. The normalized spacial score (nSPS) is 15.0. The van der Waals surface area contributed by atoms with Crippen molar-refractivity contribution in [3.05, 3.63) is 71.9 Å². The fraction of sp³-hybridized carbons (Fsp3) is 0.568. The number of benzene rings is 2. The summed E-state index contributed by atoms with van der Waals surface area (Å²) in [4.78, 5) is 261. The van der Waals surface area contributed by atoms with Crippen molar-refractivity contribution in [1.29, 1.82) is 10.8 Å². The Morgan fingerprint density at radius 3 is 1.20 bits per heavy atom. The summed E-state index contributed by atoms with van der Waals surface area (Å²) in [5, 5.41) is 135. The first-order valence-electron chi connectivity index (χ1n) is 42.7. The number of carboxylic acid groups (broad SMARTS) is 4. The molecule has 0 aliphatic heterocycles. The van der Waals surface area contributed by atoms with E-state index in [9.17, 15) is 127 Å². The molecule has 0 radical (unpaired) electrons. The third-order valence-electron chi connectivity index (χ3n) is 20.8. The number of para-hydroxylation sites is 1. The van der Waals surface area contributed by atoms with E-state index in [1.165, 1.54) is 13.1 Å². The fourth-order valence-corrected chi connectivity index (χ4v) is 13.6. The highest BCUT2D eigenvalue weighted by atomic mass is 16.4. The van der Waals surface area contributed by atoms with Crippen molar-refractivity contribution >= 4 is 135 Å². The minimum absolute atomic E-state index is 0.00996. The second-order valence-corrected chi connectivity index (χ2v) is 31.2. The number of H-pyrrole nitrogens is 1. The molecule has 0 unspecified atom stereocenters. The van der Waals surface area contributed by atoms with Gasteiger partial charge in [0.1, 0.15) is 91.1 Å². The first kappa shape index (κ1) is 111. The molecular formula is C81H124N24O27. The van der Waals surface area contributed by atoms with Gasteiger partial charge in [0, 0.05) is 62.3 Å². The number of fused-ring (bicyclic) bond motifs is 1. The largest absolute Gasteiger partial charge is 0.481 e. The number of aliphatic carboxylic acids is 4. The molecule has 51 nitrogen and oxygen atoms in total. The summed E-state index contributed by atoms with van der Waals surface area (Å²) in [6, 6.07) is -9.02. The van der Waals surface area contributed by atoms with Crippen LogP contribution in [0.15, 0.2) is 60.8 Å². The molecule has 0 spiro atoms. The Kier molecular flexibility index (Phi) is 49.2. The van der Waals surface area contributed by atoms with Gasteiger partial charge in [-0.2, -0.15) is 0 Å². The van der Waals surface area contributed by atoms with E-state index in [1.807, 2.05) is 0 Å². The third-order valence-corrected chi connectivity index (χ3v) is 20.8. The number of carbonyl (C=O) groups is 19. The molecule has 1 aromatic heterocycles. The molecule has 3 aromatic rings. The van der Waals surface area contributed by atoms with Gasteiger partial charge in [0.05, 0.1) is 33.0 Å². The molecule has 1 aliphatic rings. The van der Waals surface area contributed by atoms with Crippen LogP contribution < -0.4 is 113 Å². The molecule has 4 rings (SSSR count). The maximum atomic E-state index is 14.9. The maximum Gasteiger partial charge on any atom is 0.322 e. The summed E-state index contributed by atoms with van der Waals surface area (Å²) in [5.41, 5.74) is 23.5. The number of amides is 15. The van der Waals surface area contributed by atoms with E-state index in [0.29, 0.717) is 34.9 Å². The van der Waals surface area contributed by atoms with Gasteiger partial charge in [-0.3, -0.25) is 102 Å². The van der Waals surface area contributed by atoms with E-state index < -0.39 is 287 Å².